The zero-order chi connectivity index (χ0) is 26.6. The first-order chi connectivity index (χ1) is 19.1. The van der Waals surface area contributed by atoms with E-state index in [1.165, 1.54) is 0 Å². The number of amides is 1. The van der Waals surface area contributed by atoms with Gasteiger partial charge in [0.25, 0.3) is 11.1 Å². The van der Waals surface area contributed by atoms with E-state index in [0.29, 0.717) is 56.0 Å². The molecule has 3 aromatic heterocycles. The fourth-order valence-corrected chi connectivity index (χ4v) is 4.72. The van der Waals surface area contributed by atoms with Crippen molar-refractivity contribution >= 4 is 40.0 Å². The van der Waals surface area contributed by atoms with E-state index in [1.54, 1.807) is 42.7 Å². The maximum absolute atomic E-state index is 13.0. The number of ether oxygens (including phenoxy) is 1. The van der Waals surface area contributed by atoms with Crippen molar-refractivity contribution in [2.75, 3.05) is 18.4 Å². The van der Waals surface area contributed by atoms with Crippen molar-refractivity contribution in [2.45, 2.75) is 12.8 Å². The summed E-state index contributed by atoms with van der Waals surface area (Å²) in [5, 5.41) is 3.42. The van der Waals surface area contributed by atoms with E-state index in [9.17, 15) is 4.79 Å². The smallest absolute Gasteiger partial charge is 0.264 e. The Labute approximate surface area is 230 Å². The third-order valence-corrected chi connectivity index (χ3v) is 6.76. The molecule has 0 radical (unpaired) electrons. The number of hydrogen-bond donors (Lipinski definition) is 1. The topological polar surface area (TPSA) is 93.1 Å². The second-order valence-electron chi connectivity index (χ2n) is 9.09. The van der Waals surface area contributed by atoms with Crippen LogP contribution in [0.3, 0.4) is 0 Å². The van der Waals surface area contributed by atoms with Gasteiger partial charge in [0.15, 0.2) is 0 Å². The number of thiocarbonyl (C=S) groups is 1. The van der Waals surface area contributed by atoms with E-state index in [1.807, 2.05) is 48.5 Å². The largest absolute Gasteiger partial charge is 0.432 e. The van der Waals surface area contributed by atoms with Crippen LogP contribution in [0.4, 0.5) is 5.69 Å². The van der Waals surface area contributed by atoms with Crippen molar-refractivity contribution in [3.05, 3.63) is 96.8 Å². The summed E-state index contributed by atoms with van der Waals surface area (Å²) in [7, 11) is 0. The number of nitrogens with one attached hydrogen (secondary N) is 1. The number of carbonyl (C=O) groups is 1. The average molecular weight is 533 g/mol. The van der Waals surface area contributed by atoms with Gasteiger partial charge in [-0.3, -0.25) is 14.8 Å². The van der Waals surface area contributed by atoms with Crippen LogP contribution in [0, 0.1) is 0 Å². The molecule has 5 aromatic rings. The van der Waals surface area contributed by atoms with Crippen molar-refractivity contribution < 1.29 is 9.53 Å². The number of benzene rings is 2. The Bertz CT molecular complexity index is 1640. The molecule has 39 heavy (non-hydrogen) atoms. The van der Waals surface area contributed by atoms with Gasteiger partial charge >= 0.3 is 0 Å². The molecular formula is C30H24N6O2S. The molecule has 1 aliphatic rings. The lowest BCUT2D eigenvalue weighted by Crippen LogP contribution is -2.30. The number of pyridine rings is 2. The zero-order valence-electron chi connectivity index (χ0n) is 20.9. The van der Waals surface area contributed by atoms with Crippen LogP contribution in [0.5, 0.6) is 5.75 Å². The summed E-state index contributed by atoms with van der Waals surface area (Å²) < 4.78 is 5.79. The molecule has 6 rings (SSSR count). The fourth-order valence-electron chi connectivity index (χ4n) is 4.44. The molecule has 0 atom stereocenters. The molecule has 8 nitrogen and oxygen atoms in total. The Morgan fingerprint density at radius 3 is 2.05 bits per heavy atom. The molecule has 1 saturated heterocycles. The molecule has 192 valence electrons. The lowest BCUT2D eigenvalue weighted by atomic mass is 10.1. The number of fused-ring (bicyclic) bond motifs is 1. The van der Waals surface area contributed by atoms with Gasteiger partial charge < -0.3 is 15.0 Å². The number of aromatic nitrogens is 4. The Morgan fingerprint density at radius 2 is 1.44 bits per heavy atom. The quantitative estimate of drug-likeness (QED) is 0.285. The van der Waals surface area contributed by atoms with E-state index < -0.39 is 0 Å². The minimum Gasteiger partial charge on any atom is -0.432 e. The standard InChI is InChI=1S/C30H24N6O2S/c37-29(20-9-12-22(13-10-20)38-30(39)36-17-5-6-18-36)33-21-11-14-23-26(19-21)35-28(25-8-2-4-16-32-25)27(34-23)24-7-1-3-15-31-24/h1-4,7-16,19H,5-6,17-18H2,(H,33,37). The van der Waals surface area contributed by atoms with Gasteiger partial charge in [0.1, 0.15) is 17.1 Å². The third kappa shape index (κ3) is 5.44. The number of rotatable bonds is 5. The molecule has 0 aliphatic carbocycles. The maximum Gasteiger partial charge on any atom is 0.264 e. The fraction of sp³-hybridized carbons (Fsp3) is 0.133. The van der Waals surface area contributed by atoms with Crippen molar-refractivity contribution in [3.63, 3.8) is 0 Å². The van der Waals surface area contributed by atoms with E-state index in [0.717, 1.165) is 25.9 Å². The highest BCUT2D eigenvalue weighted by molar-refractivity contribution is 7.80. The minimum absolute atomic E-state index is 0.244. The van der Waals surface area contributed by atoms with Crippen molar-refractivity contribution in [2.24, 2.45) is 0 Å². The van der Waals surface area contributed by atoms with Crippen LogP contribution in [-0.4, -0.2) is 49.0 Å². The van der Waals surface area contributed by atoms with Gasteiger partial charge in [0, 0.05) is 36.7 Å². The van der Waals surface area contributed by atoms with Crippen molar-refractivity contribution in [1.82, 2.24) is 24.8 Å². The molecule has 9 heteroatoms. The predicted molar refractivity (Wildman–Crippen MR) is 154 cm³/mol. The van der Waals surface area contributed by atoms with Crippen LogP contribution in [0.1, 0.15) is 23.2 Å². The Hall–Kier alpha value is -4.76. The van der Waals surface area contributed by atoms with E-state index >= 15 is 0 Å². The molecule has 0 saturated carbocycles. The predicted octanol–water partition coefficient (Wildman–Crippen LogP) is 5.77. The maximum atomic E-state index is 13.0. The molecule has 0 bridgehead atoms. The van der Waals surface area contributed by atoms with E-state index in [2.05, 4.69) is 20.2 Å². The number of anilines is 1. The summed E-state index contributed by atoms with van der Waals surface area (Å²) >= 11 is 5.39. The molecule has 0 spiro atoms. The highest BCUT2D eigenvalue weighted by atomic mass is 32.1. The van der Waals surface area contributed by atoms with Crippen molar-refractivity contribution in [3.8, 4) is 28.5 Å². The van der Waals surface area contributed by atoms with Gasteiger partial charge in [0.05, 0.1) is 22.4 Å². The number of likely N-dealkylation sites (tertiary alicyclic amines) is 1. The Balaban J connectivity index is 1.24. The van der Waals surface area contributed by atoms with Gasteiger partial charge in [-0.05, 0) is 91.8 Å². The van der Waals surface area contributed by atoms with Gasteiger partial charge in [0.2, 0.25) is 0 Å². The summed E-state index contributed by atoms with van der Waals surface area (Å²) in [6.07, 6.45) is 5.69. The van der Waals surface area contributed by atoms with Gasteiger partial charge in [-0.15, -0.1) is 0 Å². The lowest BCUT2D eigenvalue weighted by molar-refractivity contribution is 0.102. The normalized spacial score (nSPS) is 12.9. The van der Waals surface area contributed by atoms with Crippen molar-refractivity contribution in [1.29, 1.82) is 0 Å². The number of nitrogens with zero attached hydrogens (tertiary/aromatic N) is 5. The lowest BCUT2D eigenvalue weighted by Gasteiger charge is -2.18. The summed E-state index contributed by atoms with van der Waals surface area (Å²) in [6, 6.07) is 23.7. The summed E-state index contributed by atoms with van der Waals surface area (Å²) in [6.45, 7) is 1.84. The minimum atomic E-state index is -0.244. The first kappa shape index (κ1) is 24.6. The monoisotopic (exact) mass is 532 g/mol. The van der Waals surface area contributed by atoms with E-state index in [-0.39, 0.29) is 5.91 Å². The molecule has 1 N–H and O–H groups in total. The average Bonchev–Trinajstić information content (AvgIpc) is 3.53. The molecule has 1 aliphatic heterocycles. The van der Waals surface area contributed by atoms with Crippen LogP contribution >= 0.6 is 12.2 Å². The van der Waals surface area contributed by atoms with Gasteiger partial charge in [-0.2, -0.15) is 0 Å². The van der Waals surface area contributed by atoms with Crippen LogP contribution in [0.2, 0.25) is 0 Å². The van der Waals surface area contributed by atoms with Gasteiger partial charge in [-0.1, -0.05) is 12.1 Å². The summed E-state index contributed by atoms with van der Waals surface area (Å²) in [5.74, 6) is 0.362. The number of hydrogen-bond acceptors (Lipinski definition) is 7. The highest BCUT2D eigenvalue weighted by Crippen LogP contribution is 2.29. The van der Waals surface area contributed by atoms with Crippen LogP contribution in [0.25, 0.3) is 33.8 Å². The number of carbonyl (C=O) groups excluding carboxylic acids is 1. The summed E-state index contributed by atoms with van der Waals surface area (Å²) in [4.78, 5) is 33.7. The second-order valence-corrected chi connectivity index (χ2v) is 9.44. The molecule has 2 aromatic carbocycles. The highest BCUT2D eigenvalue weighted by Gasteiger charge is 2.18. The zero-order valence-corrected chi connectivity index (χ0v) is 21.8. The van der Waals surface area contributed by atoms with E-state index in [4.69, 9.17) is 26.9 Å². The summed E-state index contributed by atoms with van der Waals surface area (Å²) in [5.41, 5.74) is 5.08. The SMILES string of the molecule is O=C(Nc1ccc2nc(-c3ccccn3)c(-c3ccccn3)nc2c1)c1ccc(OC(=S)N2CCCC2)cc1. The van der Waals surface area contributed by atoms with Crippen LogP contribution < -0.4 is 10.1 Å². The first-order valence-electron chi connectivity index (χ1n) is 12.7. The molecule has 1 fully saturated rings. The molecule has 1 amide bonds. The third-order valence-electron chi connectivity index (χ3n) is 6.42. The van der Waals surface area contributed by atoms with Gasteiger partial charge in [-0.25, -0.2) is 9.97 Å². The first-order valence-corrected chi connectivity index (χ1v) is 13.1. The molecular weight excluding hydrogens is 508 g/mol. The molecule has 0 unspecified atom stereocenters. The Morgan fingerprint density at radius 1 is 0.795 bits per heavy atom. The molecule has 4 heterocycles. The van der Waals surface area contributed by atoms with Crippen LogP contribution in [-0.2, 0) is 0 Å². The van der Waals surface area contributed by atoms with Crippen LogP contribution in [0.15, 0.2) is 91.3 Å². The second kappa shape index (κ2) is 10.9. The Kier molecular flexibility index (Phi) is 6.88.